The van der Waals surface area contributed by atoms with Crippen molar-refractivity contribution in [3.63, 3.8) is 0 Å². The van der Waals surface area contributed by atoms with Crippen molar-refractivity contribution in [2.45, 2.75) is 52.1 Å². The van der Waals surface area contributed by atoms with E-state index >= 15 is 0 Å². The molecule has 0 aliphatic carbocycles. The van der Waals surface area contributed by atoms with Crippen LogP contribution in [0, 0.1) is 5.92 Å². The zero-order valence-electron chi connectivity index (χ0n) is 12.7. The van der Waals surface area contributed by atoms with Crippen molar-refractivity contribution in [3.8, 4) is 0 Å². The van der Waals surface area contributed by atoms with Crippen molar-refractivity contribution < 1.29 is 0 Å². The van der Waals surface area contributed by atoms with Gasteiger partial charge in [0.25, 0.3) is 0 Å². The maximum Gasteiger partial charge on any atom is 0.0140 e. The lowest BCUT2D eigenvalue weighted by Crippen LogP contribution is -2.57. The molecule has 0 bridgehead atoms. The normalized spacial score (nSPS) is 30.8. The van der Waals surface area contributed by atoms with Gasteiger partial charge in [0.1, 0.15) is 0 Å². The summed E-state index contributed by atoms with van der Waals surface area (Å²) in [5.74, 6) is 0.800. The predicted molar refractivity (Wildman–Crippen MR) is 78.0 cm³/mol. The Labute approximate surface area is 113 Å². The van der Waals surface area contributed by atoms with Gasteiger partial charge in [-0.25, -0.2) is 0 Å². The highest BCUT2D eigenvalue weighted by molar-refractivity contribution is 4.91. The minimum Gasteiger partial charge on any atom is -0.312 e. The highest BCUT2D eigenvalue weighted by Crippen LogP contribution is 2.23. The monoisotopic (exact) mass is 253 g/mol. The van der Waals surface area contributed by atoms with E-state index < -0.39 is 0 Å². The number of hydrogen-bond acceptors (Lipinski definition) is 3. The van der Waals surface area contributed by atoms with E-state index in [0.717, 1.165) is 12.0 Å². The van der Waals surface area contributed by atoms with Gasteiger partial charge in [0.05, 0.1) is 0 Å². The van der Waals surface area contributed by atoms with Crippen molar-refractivity contribution in [1.82, 2.24) is 15.1 Å². The predicted octanol–water partition coefficient (Wildman–Crippen LogP) is 1.79. The van der Waals surface area contributed by atoms with Gasteiger partial charge in [-0.3, -0.25) is 4.90 Å². The number of hydrogen-bond donors (Lipinski definition) is 1. The van der Waals surface area contributed by atoms with Crippen LogP contribution >= 0.6 is 0 Å². The largest absolute Gasteiger partial charge is 0.312 e. The summed E-state index contributed by atoms with van der Waals surface area (Å²) in [4.78, 5) is 5.37. The minimum absolute atomic E-state index is 0.331. The standard InChI is InChI=1S/C15H31N3/c1-13(2)12-17-7-9-18(10-8-17)14-5-6-16-15(3,4)11-14/h13-14,16H,5-12H2,1-4H3. The fraction of sp³-hybridized carbons (Fsp3) is 1.00. The van der Waals surface area contributed by atoms with E-state index in [1.54, 1.807) is 0 Å². The Kier molecular flexibility index (Phi) is 4.68. The number of nitrogens with one attached hydrogen (secondary N) is 1. The van der Waals surface area contributed by atoms with Gasteiger partial charge >= 0.3 is 0 Å². The molecule has 0 aromatic heterocycles. The first-order chi connectivity index (χ1) is 8.46. The molecule has 1 N–H and O–H groups in total. The molecule has 2 aliphatic heterocycles. The lowest BCUT2D eigenvalue weighted by atomic mass is 9.88. The fourth-order valence-electron chi connectivity index (χ4n) is 3.48. The van der Waals surface area contributed by atoms with Crippen LogP contribution in [-0.2, 0) is 0 Å². The number of nitrogens with zero attached hydrogens (tertiary/aromatic N) is 2. The molecule has 3 nitrogen and oxygen atoms in total. The molecular formula is C15H31N3. The maximum atomic E-state index is 3.63. The average Bonchev–Trinajstić information content (AvgIpc) is 2.28. The molecule has 2 aliphatic rings. The lowest BCUT2D eigenvalue weighted by Gasteiger charge is -2.45. The molecule has 3 heteroatoms. The summed E-state index contributed by atoms with van der Waals surface area (Å²) in [5.41, 5.74) is 0.331. The van der Waals surface area contributed by atoms with Crippen LogP contribution < -0.4 is 5.32 Å². The molecule has 2 fully saturated rings. The average molecular weight is 253 g/mol. The lowest BCUT2D eigenvalue weighted by molar-refractivity contribution is 0.0582. The third-order valence-electron chi connectivity index (χ3n) is 4.37. The first-order valence-corrected chi connectivity index (χ1v) is 7.68. The zero-order chi connectivity index (χ0) is 13.2. The van der Waals surface area contributed by atoms with E-state index in [1.165, 1.54) is 52.1 Å². The fourth-order valence-corrected chi connectivity index (χ4v) is 3.48. The van der Waals surface area contributed by atoms with Crippen LogP contribution in [0.1, 0.15) is 40.5 Å². The van der Waals surface area contributed by atoms with Crippen molar-refractivity contribution in [2.24, 2.45) is 5.92 Å². The summed E-state index contributed by atoms with van der Waals surface area (Å²) < 4.78 is 0. The topological polar surface area (TPSA) is 18.5 Å². The van der Waals surface area contributed by atoms with Gasteiger partial charge in [-0.1, -0.05) is 13.8 Å². The van der Waals surface area contributed by atoms with Crippen LogP contribution in [0.2, 0.25) is 0 Å². The van der Waals surface area contributed by atoms with Crippen LogP contribution in [0.4, 0.5) is 0 Å². The second kappa shape index (κ2) is 5.89. The second-order valence-electron chi connectivity index (χ2n) is 7.19. The third kappa shape index (κ3) is 3.94. The molecule has 0 amide bonds. The smallest absolute Gasteiger partial charge is 0.0140 e. The van der Waals surface area contributed by atoms with Crippen molar-refractivity contribution in [1.29, 1.82) is 0 Å². The molecule has 106 valence electrons. The van der Waals surface area contributed by atoms with Crippen LogP contribution in [0.3, 0.4) is 0 Å². The highest BCUT2D eigenvalue weighted by Gasteiger charge is 2.32. The maximum absolute atomic E-state index is 3.63. The Morgan fingerprint density at radius 2 is 1.83 bits per heavy atom. The van der Waals surface area contributed by atoms with E-state index in [-0.39, 0.29) is 0 Å². The minimum atomic E-state index is 0.331. The number of piperidine rings is 1. The molecule has 18 heavy (non-hydrogen) atoms. The van der Waals surface area contributed by atoms with Crippen LogP contribution in [-0.4, -0.2) is 60.6 Å². The first kappa shape index (κ1) is 14.3. The van der Waals surface area contributed by atoms with E-state index in [4.69, 9.17) is 0 Å². The van der Waals surface area contributed by atoms with Gasteiger partial charge in [0.15, 0.2) is 0 Å². The number of rotatable bonds is 3. The Balaban J connectivity index is 1.79. The van der Waals surface area contributed by atoms with E-state index in [1.807, 2.05) is 0 Å². The molecule has 0 spiro atoms. The number of piperazine rings is 1. The Bertz CT molecular complexity index is 254. The highest BCUT2D eigenvalue weighted by atomic mass is 15.3. The first-order valence-electron chi connectivity index (χ1n) is 7.68. The molecular weight excluding hydrogens is 222 g/mol. The van der Waals surface area contributed by atoms with Gasteiger partial charge in [0, 0.05) is 44.3 Å². The molecule has 2 rings (SSSR count). The Morgan fingerprint density at radius 3 is 2.39 bits per heavy atom. The molecule has 0 aromatic rings. The van der Waals surface area contributed by atoms with Crippen LogP contribution in [0.15, 0.2) is 0 Å². The molecule has 0 aromatic carbocycles. The van der Waals surface area contributed by atoms with Gasteiger partial charge in [-0.05, 0) is 39.2 Å². The van der Waals surface area contributed by atoms with E-state index in [0.29, 0.717) is 5.54 Å². The van der Waals surface area contributed by atoms with Crippen LogP contribution in [0.5, 0.6) is 0 Å². The summed E-state index contributed by atoms with van der Waals surface area (Å²) in [6.07, 6.45) is 2.63. The molecule has 2 heterocycles. The van der Waals surface area contributed by atoms with Crippen molar-refractivity contribution in [3.05, 3.63) is 0 Å². The van der Waals surface area contributed by atoms with Gasteiger partial charge < -0.3 is 10.2 Å². The summed E-state index contributed by atoms with van der Waals surface area (Å²) in [6.45, 7) is 16.9. The van der Waals surface area contributed by atoms with E-state index in [9.17, 15) is 0 Å². The third-order valence-corrected chi connectivity index (χ3v) is 4.37. The summed E-state index contributed by atoms with van der Waals surface area (Å²) >= 11 is 0. The molecule has 1 atom stereocenters. The quantitative estimate of drug-likeness (QED) is 0.827. The zero-order valence-corrected chi connectivity index (χ0v) is 12.7. The van der Waals surface area contributed by atoms with Gasteiger partial charge in [0.2, 0.25) is 0 Å². The molecule has 1 unspecified atom stereocenters. The summed E-state index contributed by atoms with van der Waals surface area (Å²) in [6, 6.07) is 0.808. The van der Waals surface area contributed by atoms with Gasteiger partial charge in [-0.15, -0.1) is 0 Å². The second-order valence-corrected chi connectivity index (χ2v) is 7.19. The Morgan fingerprint density at radius 1 is 1.17 bits per heavy atom. The van der Waals surface area contributed by atoms with Gasteiger partial charge in [-0.2, -0.15) is 0 Å². The SMILES string of the molecule is CC(C)CN1CCN(C2CCNC(C)(C)C2)CC1. The molecule has 0 radical (unpaired) electrons. The Hall–Kier alpha value is -0.120. The van der Waals surface area contributed by atoms with Crippen LogP contribution in [0.25, 0.3) is 0 Å². The van der Waals surface area contributed by atoms with E-state index in [2.05, 4.69) is 42.8 Å². The molecule has 0 saturated carbocycles. The van der Waals surface area contributed by atoms with Crippen molar-refractivity contribution in [2.75, 3.05) is 39.3 Å². The molecule has 2 saturated heterocycles. The van der Waals surface area contributed by atoms with Crippen molar-refractivity contribution >= 4 is 0 Å². The summed E-state index contributed by atoms with van der Waals surface area (Å²) in [5, 5.41) is 3.63. The summed E-state index contributed by atoms with van der Waals surface area (Å²) in [7, 11) is 0.